The predicted octanol–water partition coefficient (Wildman–Crippen LogP) is 3.14. The van der Waals surface area contributed by atoms with Crippen molar-refractivity contribution in [3.8, 4) is 11.8 Å². The van der Waals surface area contributed by atoms with Gasteiger partial charge in [-0.1, -0.05) is 19.1 Å². The molecule has 82 valence electrons. The number of benzene rings is 1. The number of rotatable bonds is 3. The topological polar surface area (TPSA) is 35.0 Å². The van der Waals surface area contributed by atoms with Crippen molar-refractivity contribution in [1.82, 2.24) is 9.97 Å². The molecule has 0 aliphatic heterocycles. The minimum absolute atomic E-state index is 0.393. The minimum Gasteiger partial charge on any atom is -0.424 e. The predicted molar refractivity (Wildman–Crippen MR) is 62.7 cm³/mol. The van der Waals surface area contributed by atoms with Crippen LogP contribution < -0.4 is 4.74 Å². The molecule has 0 fully saturated rings. The van der Waals surface area contributed by atoms with Gasteiger partial charge < -0.3 is 4.74 Å². The SMILES string of the molecule is CCc1ccc(Oc2nccc(C)n2)cc1. The Morgan fingerprint density at radius 3 is 2.50 bits per heavy atom. The summed E-state index contributed by atoms with van der Waals surface area (Å²) in [4.78, 5) is 8.22. The average Bonchev–Trinajstić information content (AvgIpc) is 2.30. The van der Waals surface area contributed by atoms with Gasteiger partial charge in [0, 0.05) is 11.9 Å². The van der Waals surface area contributed by atoms with E-state index < -0.39 is 0 Å². The highest BCUT2D eigenvalue weighted by molar-refractivity contribution is 5.29. The van der Waals surface area contributed by atoms with Crippen molar-refractivity contribution in [2.24, 2.45) is 0 Å². The van der Waals surface area contributed by atoms with Crippen molar-refractivity contribution in [2.45, 2.75) is 20.3 Å². The largest absolute Gasteiger partial charge is 0.424 e. The van der Waals surface area contributed by atoms with Gasteiger partial charge in [0.15, 0.2) is 0 Å². The number of hydrogen-bond acceptors (Lipinski definition) is 3. The Morgan fingerprint density at radius 1 is 1.12 bits per heavy atom. The molecular formula is C13H14N2O. The molecule has 3 nitrogen and oxygen atoms in total. The Bertz CT molecular complexity index is 466. The van der Waals surface area contributed by atoms with Crippen LogP contribution in [0.25, 0.3) is 0 Å². The fraction of sp³-hybridized carbons (Fsp3) is 0.231. The lowest BCUT2D eigenvalue weighted by Gasteiger charge is -2.04. The van der Waals surface area contributed by atoms with Crippen LogP contribution in [0, 0.1) is 6.92 Å². The van der Waals surface area contributed by atoms with Crippen molar-refractivity contribution in [3.63, 3.8) is 0 Å². The smallest absolute Gasteiger partial charge is 0.322 e. The van der Waals surface area contributed by atoms with Gasteiger partial charge >= 0.3 is 6.01 Å². The van der Waals surface area contributed by atoms with Gasteiger partial charge in [-0.3, -0.25) is 0 Å². The minimum atomic E-state index is 0.393. The molecule has 0 unspecified atom stereocenters. The first-order valence-corrected chi connectivity index (χ1v) is 5.34. The first-order chi connectivity index (χ1) is 7.78. The summed E-state index contributed by atoms with van der Waals surface area (Å²) in [5.41, 5.74) is 2.19. The lowest BCUT2D eigenvalue weighted by atomic mass is 10.2. The van der Waals surface area contributed by atoms with E-state index in [4.69, 9.17) is 4.74 Å². The van der Waals surface area contributed by atoms with Gasteiger partial charge in [-0.05, 0) is 37.1 Å². The summed E-state index contributed by atoms with van der Waals surface area (Å²) in [7, 11) is 0. The molecule has 0 N–H and O–H groups in total. The molecule has 16 heavy (non-hydrogen) atoms. The Hall–Kier alpha value is -1.90. The van der Waals surface area contributed by atoms with Gasteiger partial charge in [-0.25, -0.2) is 9.97 Å². The van der Waals surface area contributed by atoms with Gasteiger partial charge in [0.2, 0.25) is 0 Å². The molecule has 0 radical (unpaired) electrons. The van der Waals surface area contributed by atoms with Gasteiger partial charge in [0.05, 0.1) is 0 Å². The number of aryl methyl sites for hydroxylation is 2. The summed E-state index contributed by atoms with van der Waals surface area (Å²) in [6, 6.07) is 10.2. The quantitative estimate of drug-likeness (QED) is 0.787. The Balaban J connectivity index is 2.14. The highest BCUT2D eigenvalue weighted by Gasteiger charge is 1.99. The third-order valence-corrected chi connectivity index (χ3v) is 2.31. The first kappa shape index (κ1) is 10.6. The number of nitrogens with zero attached hydrogens (tertiary/aromatic N) is 2. The van der Waals surface area contributed by atoms with E-state index in [-0.39, 0.29) is 0 Å². The second kappa shape index (κ2) is 4.75. The highest BCUT2D eigenvalue weighted by atomic mass is 16.5. The Kier molecular flexibility index (Phi) is 3.15. The molecule has 0 aliphatic rings. The normalized spacial score (nSPS) is 10.1. The van der Waals surface area contributed by atoms with Crippen LogP contribution in [0.15, 0.2) is 36.5 Å². The van der Waals surface area contributed by atoms with Crippen LogP contribution in [0.5, 0.6) is 11.8 Å². The highest BCUT2D eigenvalue weighted by Crippen LogP contribution is 2.18. The summed E-state index contributed by atoms with van der Waals surface area (Å²) in [6.45, 7) is 4.04. The number of hydrogen-bond donors (Lipinski definition) is 0. The molecule has 2 aromatic rings. The zero-order valence-corrected chi connectivity index (χ0v) is 9.47. The van der Waals surface area contributed by atoms with Crippen molar-refractivity contribution in [2.75, 3.05) is 0 Å². The van der Waals surface area contributed by atoms with Crippen molar-refractivity contribution in [3.05, 3.63) is 47.8 Å². The maximum atomic E-state index is 5.54. The monoisotopic (exact) mass is 214 g/mol. The summed E-state index contributed by atoms with van der Waals surface area (Å²) in [5.74, 6) is 0.766. The number of ether oxygens (including phenoxy) is 1. The van der Waals surface area contributed by atoms with Gasteiger partial charge in [-0.15, -0.1) is 0 Å². The molecule has 2 rings (SSSR count). The molecule has 1 aromatic carbocycles. The van der Waals surface area contributed by atoms with Crippen LogP contribution in [0.2, 0.25) is 0 Å². The zero-order valence-electron chi connectivity index (χ0n) is 9.47. The third kappa shape index (κ3) is 2.57. The van der Waals surface area contributed by atoms with E-state index in [1.54, 1.807) is 6.20 Å². The van der Waals surface area contributed by atoms with Crippen molar-refractivity contribution < 1.29 is 4.74 Å². The third-order valence-electron chi connectivity index (χ3n) is 2.31. The van der Waals surface area contributed by atoms with Crippen molar-refractivity contribution in [1.29, 1.82) is 0 Å². The Labute approximate surface area is 95.1 Å². The summed E-state index contributed by atoms with van der Waals surface area (Å²) in [5, 5.41) is 0. The Morgan fingerprint density at radius 2 is 1.88 bits per heavy atom. The molecule has 3 heteroatoms. The molecular weight excluding hydrogens is 200 g/mol. The van der Waals surface area contributed by atoms with E-state index in [2.05, 4.69) is 16.9 Å². The molecule has 0 spiro atoms. The molecule has 1 heterocycles. The summed E-state index contributed by atoms with van der Waals surface area (Å²) in [6.07, 6.45) is 2.72. The van der Waals surface area contributed by atoms with Crippen LogP contribution in [-0.4, -0.2) is 9.97 Å². The molecule has 0 amide bonds. The van der Waals surface area contributed by atoms with Crippen LogP contribution >= 0.6 is 0 Å². The van der Waals surface area contributed by atoms with Gasteiger partial charge in [0.25, 0.3) is 0 Å². The fourth-order valence-corrected chi connectivity index (χ4v) is 1.37. The van der Waals surface area contributed by atoms with E-state index >= 15 is 0 Å². The van der Waals surface area contributed by atoms with E-state index in [9.17, 15) is 0 Å². The van der Waals surface area contributed by atoms with E-state index in [1.807, 2.05) is 37.3 Å². The molecule has 0 atom stereocenters. The van der Waals surface area contributed by atoms with E-state index in [0.717, 1.165) is 17.9 Å². The second-order valence-corrected chi connectivity index (χ2v) is 3.58. The average molecular weight is 214 g/mol. The summed E-state index contributed by atoms with van der Waals surface area (Å²) < 4.78 is 5.54. The van der Waals surface area contributed by atoms with E-state index in [0.29, 0.717) is 6.01 Å². The number of aromatic nitrogens is 2. The second-order valence-electron chi connectivity index (χ2n) is 3.58. The van der Waals surface area contributed by atoms with Crippen LogP contribution in [0.1, 0.15) is 18.2 Å². The summed E-state index contributed by atoms with van der Waals surface area (Å²) >= 11 is 0. The first-order valence-electron chi connectivity index (χ1n) is 5.34. The van der Waals surface area contributed by atoms with Crippen LogP contribution in [0.3, 0.4) is 0 Å². The van der Waals surface area contributed by atoms with Crippen molar-refractivity contribution >= 4 is 0 Å². The van der Waals surface area contributed by atoms with E-state index in [1.165, 1.54) is 5.56 Å². The lowest BCUT2D eigenvalue weighted by molar-refractivity contribution is 0.440. The lowest BCUT2D eigenvalue weighted by Crippen LogP contribution is -1.92. The van der Waals surface area contributed by atoms with Gasteiger partial charge in [-0.2, -0.15) is 0 Å². The zero-order chi connectivity index (χ0) is 11.4. The fourth-order valence-electron chi connectivity index (χ4n) is 1.37. The van der Waals surface area contributed by atoms with Gasteiger partial charge in [0.1, 0.15) is 5.75 Å². The molecule has 0 bridgehead atoms. The molecule has 0 saturated carbocycles. The van der Waals surface area contributed by atoms with Crippen LogP contribution in [-0.2, 0) is 6.42 Å². The maximum absolute atomic E-state index is 5.54. The maximum Gasteiger partial charge on any atom is 0.322 e. The molecule has 0 aliphatic carbocycles. The molecule has 0 saturated heterocycles. The molecule has 1 aromatic heterocycles. The van der Waals surface area contributed by atoms with Crippen LogP contribution in [0.4, 0.5) is 0 Å². The standard InChI is InChI=1S/C13H14N2O/c1-3-11-4-6-12(7-5-11)16-13-14-9-8-10(2)15-13/h4-9H,3H2,1-2H3.